The van der Waals surface area contributed by atoms with Gasteiger partial charge in [-0.3, -0.25) is 4.90 Å². The topological polar surface area (TPSA) is 52.7 Å². The Labute approximate surface area is 123 Å². The number of nitrogens with one attached hydrogen (secondary N) is 1. The molecule has 20 heavy (non-hydrogen) atoms. The molecule has 2 aliphatic heterocycles. The lowest BCUT2D eigenvalue weighted by Gasteiger charge is -2.32. The summed E-state index contributed by atoms with van der Waals surface area (Å²) in [7, 11) is -2.83. The number of rotatable bonds is 7. The number of sulfone groups is 1. The second-order valence-corrected chi connectivity index (χ2v) is 8.48. The molecular formula is C14H29N3O2S. The molecule has 0 aromatic rings. The highest BCUT2D eigenvalue weighted by atomic mass is 32.2. The van der Waals surface area contributed by atoms with Crippen molar-refractivity contribution in [2.75, 3.05) is 57.8 Å². The Morgan fingerprint density at radius 3 is 2.55 bits per heavy atom. The predicted molar refractivity (Wildman–Crippen MR) is 82.8 cm³/mol. The van der Waals surface area contributed by atoms with Crippen LogP contribution in [0.4, 0.5) is 0 Å². The van der Waals surface area contributed by atoms with Crippen LogP contribution in [0.5, 0.6) is 0 Å². The van der Waals surface area contributed by atoms with Crippen molar-refractivity contribution in [3.8, 4) is 0 Å². The van der Waals surface area contributed by atoms with E-state index in [1.54, 1.807) is 0 Å². The van der Waals surface area contributed by atoms with Crippen molar-refractivity contribution < 1.29 is 8.42 Å². The second-order valence-electron chi connectivity index (χ2n) is 6.22. The van der Waals surface area contributed by atoms with Crippen LogP contribution in [0.1, 0.15) is 25.7 Å². The van der Waals surface area contributed by atoms with Gasteiger partial charge in [0.25, 0.3) is 0 Å². The summed E-state index contributed by atoms with van der Waals surface area (Å²) < 4.78 is 22.0. The van der Waals surface area contributed by atoms with Gasteiger partial charge in [0, 0.05) is 38.5 Å². The average molecular weight is 303 g/mol. The standard InChI is InChI=1S/C14H29N3O2S/c1-20(18,19)12-7-15-6-11-16-10-5-14(13-16)17-8-3-2-4-9-17/h14-15H,2-13H2,1H3. The normalized spacial score (nSPS) is 26.1. The van der Waals surface area contributed by atoms with Crippen molar-refractivity contribution in [2.45, 2.75) is 31.7 Å². The van der Waals surface area contributed by atoms with E-state index < -0.39 is 9.84 Å². The van der Waals surface area contributed by atoms with Gasteiger partial charge in [0.2, 0.25) is 0 Å². The van der Waals surface area contributed by atoms with E-state index >= 15 is 0 Å². The summed E-state index contributed by atoms with van der Waals surface area (Å²) >= 11 is 0. The first kappa shape index (κ1) is 16.2. The molecule has 0 aliphatic carbocycles. The SMILES string of the molecule is CS(=O)(=O)CCNCCN1CCC(N2CCCCC2)C1. The summed E-state index contributed by atoms with van der Waals surface area (Å²) in [4.78, 5) is 5.17. The Hall–Kier alpha value is -0.170. The van der Waals surface area contributed by atoms with Crippen LogP contribution in [0.3, 0.4) is 0 Å². The molecule has 0 amide bonds. The highest BCUT2D eigenvalue weighted by Gasteiger charge is 2.27. The average Bonchev–Trinajstić information content (AvgIpc) is 2.87. The molecule has 2 heterocycles. The van der Waals surface area contributed by atoms with Gasteiger partial charge in [0.15, 0.2) is 0 Å². The molecule has 2 fully saturated rings. The maximum absolute atomic E-state index is 11.0. The Bertz CT molecular complexity index is 380. The van der Waals surface area contributed by atoms with Crippen molar-refractivity contribution in [1.29, 1.82) is 0 Å². The van der Waals surface area contributed by atoms with E-state index in [0.29, 0.717) is 6.54 Å². The lowest BCUT2D eigenvalue weighted by molar-refractivity contribution is 0.162. The summed E-state index contributed by atoms with van der Waals surface area (Å²) in [5.41, 5.74) is 0. The van der Waals surface area contributed by atoms with Crippen LogP contribution >= 0.6 is 0 Å². The van der Waals surface area contributed by atoms with Crippen LogP contribution in [-0.4, -0.2) is 82.1 Å². The van der Waals surface area contributed by atoms with Gasteiger partial charge in [-0.2, -0.15) is 0 Å². The van der Waals surface area contributed by atoms with E-state index in [-0.39, 0.29) is 5.75 Å². The number of hydrogen-bond donors (Lipinski definition) is 1. The minimum absolute atomic E-state index is 0.239. The van der Waals surface area contributed by atoms with Gasteiger partial charge in [-0.15, -0.1) is 0 Å². The van der Waals surface area contributed by atoms with Crippen molar-refractivity contribution >= 4 is 9.84 Å². The van der Waals surface area contributed by atoms with Crippen molar-refractivity contribution in [3.05, 3.63) is 0 Å². The van der Waals surface area contributed by atoms with Crippen LogP contribution in [0.2, 0.25) is 0 Å². The molecule has 6 heteroatoms. The van der Waals surface area contributed by atoms with Gasteiger partial charge >= 0.3 is 0 Å². The van der Waals surface area contributed by atoms with E-state index in [0.717, 1.165) is 19.1 Å². The maximum atomic E-state index is 11.0. The first-order valence-electron chi connectivity index (χ1n) is 7.89. The van der Waals surface area contributed by atoms with Crippen LogP contribution in [0, 0.1) is 0 Å². The molecule has 0 radical (unpaired) electrons. The van der Waals surface area contributed by atoms with Gasteiger partial charge in [-0.25, -0.2) is 8.42 Å². The van der Waals surface area contributed by atoms with E-state index in [2.05, 4.69) is 15.1 Å². The Kier molecular flexibility index (Phi) is 6.26. The third-order valence-electron chi connectivity index (χ3n) is 4.41. The van der Waals surface area contributed by atoms with Gasteiger partial charge in [-0.05, 0) is 38.9 Å². The summed E-state index contributed by atoms with van der Waals surface area (Å²) in [6, 6.07) is 0.756. The smallest absolute Gasteiger partial charge is 0.148 e. The molecule has 2 saturated heterocycles. The van der Waals surface area contributed by atoms with Crippen molar-refractivity contribution in [3.63, 3.8) is 0 Å². The number of piperidine rings is 1. The molecule has 118 valence electrons. The van der Waals surface area contributed by atoms with Crippen molar-refractivity contribution in [2.24, 2.45) is 0 Å². The lowest BCUT2D eigenvalue weighted by atomic mass is 10.1. The quantitative estimate of drug-likeness (QED) is 0.680. The number of nitrogens with zero attached hydrogens (tertiary/aromatic N) is 2. The van der Waals surface area contributed by atoms with Gasteiger partial charge in [0.05, 0.1) is 5.75 Å². The fourth-order valence-electron chi connectivity index (χ4n) is 3.22. The molecular weight excluding hydrogens is 274 g/mol. The molecule has 0 bridgehead atoms. The zero-order valence-corrected chi connectivity index (χ0v) is 13.5. The highest BCUT2D eigenvalue weighted by Crippen LogP contribution is 2.19. The number of hydrogen-bond acceptors (Lipinski definition) is 5. The number of likely N-dealkylation sites (tertiary alicyclic amines) is 2. The molecule has 0 aromatic heterocycles. The van der Waals surface area contributed by atoms with Gasteiger partial charge in [0.1, 0.15) is 9.84 Å². The minimum Gasteiger partial charge on any atom is -0.314 e. The summed E-state index contributed by atoms with van der Waals surface area (Å²) in [5.74, 6) is 0.239. The van der Waals surface area contributed by atoms with E-state index in [4.69, 9.17) is 0 Å². The van der Waals surface area contributed by atoms with Crippen molar-refractivity contribution in [1.82, 2.24) is 15.1 Å². The molecule has 2 rings (SSSR count). The predicted octanol–water partition coefficient (Wildman–Crippen LogP) is 0.181. The van der Waals surface area contributed by atoms with Gasteiger partial charge < -0.3 is 10.2 Å². The fraction of sp³-hybridized carbons (Fsp3) is 1.00. The lowest BCUT2D eigenvalue weighted by Crippen LogP contribution is -2.41. The summed E-state index contributed by atoms with van der Waals surface area (Å²) in [6.07, 6.45) is 6.71. The zero-order chi connectivity index (χ0) is 14.4. The molecule has 0 saturated carbocycles. The molecule has 0 spiro atoms. The molecule has 1 atom stereocenters. The Balaban J connectivity index is 1.56. The van der Waals surface area contributed by atoms with E-state index in [9.17, 15) is 8.42 Å². The highest BCUT2D eigenvalue weighted by molar-refractivity contribution is 7.90. The van der Waals surface area contributed by atoms with Crippen LogP contribution in [0.15, 0.2) is 0 Å². The molecule has 1 N–H and O–H groups in total. The van der Waals surface area contributed by atoms with Crippen LogP contribution < -0.4 is 5.32 Å². The zero-order valence-electron chi connectivity index (χ0n) is 12.7. The van der Waals surface area contributed by atoms with Crippen LogP contribution in [-0.2, 0) is 9.84 Å². The molecule has 2 aliphatic rings. The summed E-state index contributed by atoms with van der Waals surface area (Å²) in [5, 5.41) is 3.23. The van der Waals surface area contributed by atoms with E-state index in [1.165, 1.54) is 58.1 Å². The third-order valence-corrected chi connectivity index (χ3v) is 5.35. The Morgan fingerprint density at radius 1 is 1.10 bits per heavy atom. The molecule has 5 nitrogen and oxygen atoms in total. The first-order chi connectivity index (χ1) is 9.54. The maximum Gasteiger partial charge on any atom is 0.148 e. The first-order valence-corrected chi connectivity index (χ1v) is 9.95. The monoisotopic (exact) mass is 303 g/mol. The second kappa shape index (κ2) is 7.73. The van der Waals surface area contributed by atoms with Gasteiger partial charge in [-0.1, -0.05) is 6.42 Å². The van der Waals surface area contributed by atoms with Crippen LogP contribution in [0.25, 0.3) is 0 Å². The largest absolute Gasteiger partial charge is 0.314 e. The summed E-state index contributed by atoms with van der Waals surface area (Å²) in [6.45, 7) is 7.44. The molecule has 0 aromatic carbocycles. The van der Waals surface area contributed by atoms with E-state index in [1.807, 2.05) is 0 Å². The molecule has 1 unspecified atom stereocenters. The minimum atomic E-state index is -2.83. The third kappa shape index (κ3) is 5.68. The fourth-order valence-corrected chi connectivity index (χ4v) is 3.73. The Morgan fingerprint density at radius 2 is 1.85 bits per heavy atom.